The lowest BCUT2D eigenvalue weighted by Gasteiger charge is -2.13. The highest BCUT2D eigenvalue weighted by molar-refractivity contribution is 6.55. The fourth-order valence-corrected chi connectivity index (χ4v) is 1.29. The van der Waals surface area contributed by atoms with Crippen molar-refractivity contribution in [2.24, 2.45) is 0 Å². The lowest BCUT2D eigenvalue weighted by molar-refractivity contribution is 0.164. The van der Waals surface area contributed by atoms with E-state index in [-0.39, 0.29) is 12.4 Å². The van der Waals surface area contributed by atoms with Gasteiger partial charge in [0.1, 0.15) is 23.9 Å². The molecule has 0 heterocycles. The fraction of sp³-hybridized carbons (Fsp3) is 0.300. The molecule has 6 heteroatoms. The molecule has 0 atom stereocenters. The molecule has 0 fully saturated rings. The number of benzene rings is 1. The molecule has 1 aromatic carbocycles. The first kappa shape index (κ1) is 12.2. The maximum absolute atomic E-state index is 10.7. The van der Waals surface area contributed by atoms with Crippen molar-refractivity contribution in [2.45, 2.75) is 6.61 Å². The van der Waals surface area contributed by atoms with E-state index in [0.29, 0.717) is 17.1 Å². The summed E-state index contributed by atoms with van der Waals surface area (Å²) in [5.74, 6) is 0.466. The van der Waals surface area contributed by atoms with Crippen LogP contribution < -0.4 is 9.47 Å². The normalized spacial score (nSPS) is 9.62. The van der Waals surface area contributed by atoms with Gasteiger partial charge in [-0.2, -0.15) is 0 Å². The van der Waals surface area contributed by atoms with E-state index in [1.807, 2.05) is 0 Å². The Morgan fingerprint density at radius 1 is 1.31 bits per heavy atom. The third kappa shape index (κ3) is 2.82. The number of hydrogen-bond donors (Lipinski definition) is 1. The Morgan fingerprint density at radius 2 is 1.81 bits per heavy atom. The molecule has 0 saturated carbocycles. The van der Waals surface area contributed by atoms with Gasteiger partial charge in [0, 0.05) is 12.1 Å². The standard InChI is InChI=1S/C10H13BO5/c1-14-8-3-6(12)4-9(15-2)7(8)5-16-10(11)13/h3-4,12H,5,11H2,1-2H3. The van der Waals surface area contributed by atoms with Crippen molar-refractivity contribution in [3.8, 4) is 17.2 Å². The van der Waals surface area contributed by atoms with Gasteiger partial charge in [0.05, 0.1) is 19.8 Å². The quantitative estimate of drug-likeness (QED) is 0.761. The number of carbonyl (C=O) groups excluding carboxylic acids is 1. The molecule has 0 unspecified atom stereocenters. The molecule has 86 valence electrons. The third-order valence-corrected chi connectivity index (χ3v) is 2.01. The number of carbonyl (C=O) groups is 1. The zero-order valence-corrected chi connectivity index (χ0v) is 9.44. The Hall–Kier alpha value is -1.85. The van der Waals surface area contributed by atoms with Crippen LogP contribution >= 0.6 is 0 Å². The summed E-state index contributed by atoms with van der Waals surface area (Å²) in [4.78, 5) is 10.7. The van der Waals surface area contributed by atoms with E-state index in [1.165, 1.54) is 34.2 Å². The Morgan fingerprint density at radius 3 is 2.19 bits per heavy atom. The van der Waals surface area contributed by atoms with Crippen molar-refractivity contribution >= 4 is 13.7 Å². The molecular weight excluding hydrogens is 211 g/mol. The maximum atomic E-state index is 10.7. The van der Waals surface area contributed by atoms with Crippen LogP contribution in [0, 0.1) is 0 Å². The van der Waals surface area contributed by atoms with Gasteiger partial charge in [-0.25, -0.2) is 0 Å². The topological polar surface area (TPSA) is 65.0 Å². The van der Waals surface area contributed by atoms with Gasteiger partial charge in [-0.15, -0.1) is 0 Å². The minimum atomic E-state index is -0.391. The van der Waals surface area contributed by atoms with E-state index in [9.17, 15) is 9.90 Å². The average molecular weight is 224 g/mol. The lowest BCUT2D eigenvalue weighted by Crippen LogP contribution is -2.04. The van der Waals surface area contributed by atoms with Gasteiger partial charge in [-0.05, 0) is 0 Å². The van der Waals surface area contributed by atoms with Crippen LogP contribution in [0.2, 0.25) is 0 Å². The molecule has 1 aromatic rings. The molecule has 0 aliphatic carbocycles. The van der Waals surface area contributed by atoms with Crippen LogP contribution in [0.4, 0.5) is 4.79 Å². The van der Waals surface area contributed by atoms with Crippen molar-refractivity contribution in [1.29, 1.82) is 0 Å². The van der Waals surface area contributed by atoms with E-state index >= 15 is 0 Å². The van der Waals surface area contributed by atoms with Gasteiger partial charge in [-0.3, -0.25) is 4.79 Å². The molecule has 1 N–H and O–H groups in total. The number of aromatic hydroxyl groups is 1. The van der Waals surface area contributed by atoms with Crippen LogP contribution in [0.5, 0.6) is 17.2 Å². The summed E-state index contributed by atoms with van der Waals surface area (Å²) < 4.78 is 15.0. The molecule has 0 aliphatic rings. The number of phenols is 1. The molecule has 0 aromatic heterocycles. The first-order valence-corrected chi connectivity index (χ1v) is 4.65. The summed E-state index contributed by atoms with van der Waals surface area (Å²) in [7, 11) is 4.25. The first-order valence-electron chi connectivity index (χ1n) is 4.65. The van der Waals surface area contributed by atoms with Crippen LogP contribution in [0.1, 0.15) is 5.56 Å². The van der Waals surface area contributed by atoms with E-state index in [1.54, 1.807) is 0 Å². The third-order valence-electron chi connectivity index (χ3n) is 2.01. The number of rotatable bonds is 4. The van der Waals surface area contributed by atoms with Gasteiger partial charge in [0.15, 0.2) is 0 Å². The van der Waals surface area contributed by atoms with Crippen molar-refractivity contribution in [3.05, 3.63) is 17.7 Å². The van der Waals surface area contributed by atoms with E-state index in [0.717, 1.165) is 0 Å². The molecule has 0 spiro atoms. The monoisotopic (exact) mass is 224 g/mol. The van der Waals surface area contributed by atoms with Crippen LogP contribution in [-0.4, -0.2) is 33.0 Å². The minimum absolute atomic E-state index is 0.0280. The first-order chi connectivity index (χ1) is 7.58. The highest BCUT2D eigenvalue weighted by atomic mass is 16.5. The molecule has 1 rings (SSSR count). The summed E-state index contributed by atoms with van der Waals surface area (Å²) in [5.41, 5.74) is 0.581. The summed E-state index contributed by atoms with van der Waals surface area (Å²) in [6.07, 6.45) is 0. The van der Waals surface area contributed by atoms with Crippen molar-refractivity contribution in [2.75, 3.05) is 14.2 Å². The highest BCUT2D eigenvalue weighted by Gasteiger charge is 2.13. The van der Waals surface area contributed by atoms with Crippen LogP contribution in [0.3, 0.4) is 0 Å². The van der Waals surface area contributed by atoms with Crippen LogP contribution in [0.15, 0.2) is 12.1 Å². The fourth-order valence-electron chi connectivity index (χ4n) is 1.29. The average Bonchev–Trinajstić information content (AvgIpc) is 2.25. The second kappa shape index (κ2) is 5.30. The van der Waals surface area contributed by atoms with Crippen molar-refractivity contribution in [3.63, 3.8) is 0 Å². The molecule has 16 heavy (non-hydrogen) atoms. The minimum Gasteiger partial charge on any atom is -0.508 e. The number of ether oxygens (including phenoxy) is 3. The molecule has 0 saturated heterocycles. The Balaban J connectivity index is 3.06. The summed E-state index contributed by atoms with van der Waals surface area (Å²) in [5, 5.41) is 9.39. The molecule has 0 amide bonds. The zero-order chi connectivity index (χ0) is 12.1. The van der Waals surface area contributed by atoms with Gasteiger partial charge in [0.25, 0.3) is 0 Å². The van der Waals surface area contributed by atoms with E-state index < -0.39 is 5.87 Å². The SMILES string of the molecule is BC(=O)OCc1c(OC)cc(O)cc1OC. The molecule has 0 aliphatic heterocycles. The maximum Gasteiger partial charge on any atom is 0.243 e. The second-order valence-electron chi connectivity index (χ2n) is 3.11. The molecule has 5 nitrogen and oxygen atoms in total. The Bertz CT molecular complexity index is 366. The predicted molar refractivity (Wildman–Crippen MR) is 59.9 cm³/mol. The van der Waals surface area contributed by atoms with Crippen molar-refractivity contribution in [1.82, 2.24) is 0 Å². The number of phenolic OH excluding ortho intramolecular Hbond substituents is 1. The van der Waals surface area contributed by atoms with Crippen LogP contribution in [-0.2, 0) is 11.3 Å². The van der Waals surface area contributed by atoms with E-state index in [2.05, 4.69) is 0 Å². The van der Waals surface area contributed by atoms with Gasteiger partial charge >= 0.3 is 0 Å². The van der Waals surface area contributed by atoms with Gasteiger partial charge < -0.3 is 19.3 Å². The van der Waals surface area contributed by atoms with Gasteiger partial charge in [0.2, 0.25) is 13.7 Å². The predicted octanol–water partition coefficient (Wildman–Crippen LogP) is 0.679. The lowest BCUT2D eigenvalue weighted by atomic mass is 10.1. The Kier molecular flexibility index (Phi) is 4.05. The molecule has 0 bridgehead atoms. The highest BCUT2D eigenvalue weighted by Crippen LogP contribution is 2.33. The van der Waals surface area contributed by atoms with Crippen LogP contribution in [0.25, 0.3) is 0 Å². The number of hydrogen-bond acceptors (Lipinski definition) is 5. The van der Waals surface area contributed by atoms with Crippen molar-refractivity contribution < 1.29 is 24.1 Å². The Labute approximate surface area is 94.3 Å². The summed E-state index contributed by atoms with van der Waals surface area (Å²) in [6.45, 7) is 0.0436. The number of methoxy groups -OCH3 is 2. The molecule has 0 radical (unpaired) electrons. The smallest absolute Gasteiger partial charge is 0.243 e. The zero-order valence-electron chi connectivity index (χ0n) is 9.44. The summed E-state index contributed by atoms with van der Waals surface area (Å²) in [6, 6.07) is 2.86. The molecular formula is C10H13BO5. The summed E-state index contributed by atoms with van der Waals surface area (Å²) >= 11 is 0. The van der Waals surface area contributed by atoms with E-state index in [4.69, 9.17) is 14.2 Å². The van der Waals surface area contributed by atoms with Gasteiger partial charge in [-0.1, -0.05) is 0 Å². The second-order valence-corrected chi connectivity index (χ2v) is 3.11. The largest absolute Gasteiger partial charge is 0.508 e.